The van der Waals surface area contributed by atoms with Gasteiger partial charge in [-0.05, 0) is 24.1 Å². The van der Waals surface area contributed by atoms with Crippen LogP contribution in [0.5, 0.6) is 0 Å². The van der Waals surface area contributed by atoms with Gasteiger partial charge in [0.15, 0.2) is 0 Å². The summed E-state index contributed by atoms with van der Waals surface area (Å²) in [7, 11) is 3.47. The molecule has 0 bridgehead atoms. The zero-order chi connectivity index (χ0) is 18.5. The molecule has 2 unspecified atom stereocenters. The van der Waals surface area contributed by atoms with Crippen LogP contribution in [0.15, 0.2) is 36.7 Å². The maximum Gasteiger partial charge on any atom is 0.241 e. The summed E-state index contributed by atoms with van der Waals surface area (Å²) in [5.74, 6) is -0.266. The van der Waals surface area contributed by atoms with Crippen molar-refractivity contribution in [1.29, 1.82) is 0 Å². The summed E-state index contributed by atoms with van der Waals surface area (Å²) in [5.41, 5.74) is 8.12. The number of amides is 1. The van der Waals surface area contributed by atoms with Crippen molar-refractivity contribution in [3.8, 4) is 0 Å². The third kappa shape index (κ3) is 4.46. The van der Waals surface area contributed by atoms with E-state index < -0.39 is 0 Å². The van der Waals surface area contributed by atoms with Crippen molar-refractivity contribution in [2.24, 2.45) is 7.05 Å². The highest BCUT2D eigenvalue weighted by Crippen LogP contribution is 2.23. The lowest BCUT2D eigenvalue weighted by Gasteiger charge is -2.24. The van der Waals surface area contributed by atoms with E-state index in [0.717, 1.165) is 11.1 Å². The van der Waals surface area contributed by atoms with Crippen molar-refractivity contribution in [3.05, 3.63) is 53.6 Å². The van der Waals surface area contributed by atoms with Crippen LogP contribution in [-0.2, 0) is 23.1 Å². The molecule has 1 aliphatic heterocycles. The number of hydrogen-bond donors (Lipinski definition) is 2. The molecule has 1 saturated heterocycles. The molecule has 26 heavy (non-hydrogen) atoms. The van der Waals surface area contributed by atoms with Crippen molar-refractivity contribution in [3.63, 3.8) is 0 Å². The molecule has 0 radical (unpaired) electrons. The molecule has 0 saturated carbocycles. The summed E-state index contributed by atoms with van der Waals surface area (Å²) in [6.07, 6.45) is 4.25. The van der Waals surface area contributed by atoms with Gasteiger partial charge < -0.3 is 9.64 Å². The van der Waals surface area contributed by atoms with Gasteiger partial charge >= 0.3 is 0 Å². The largest absolute Gasteiger partial charge is 0.383 e. The fourth-order valence-corrected chi connectivity index (χ4v) is 3.09. The number of carbonyl (C=O) groups excluding carboxylic acids is 1. The molecule has 3 rings (SSSR count). The molecule has 1 aromatic heterocycles. The molecular formula is C18H24FN5O2. The minimum Gasteiger partial charge on any atom is -0.383 e. The Labute approximate surface area is 152 Å². The summed E-state index contributed by atoms with van der Waals surface area (Å²) in [4.78, 5) is 14.7. The Hall–Kier alpha value is -2.29. The van der Waals surface area contributed by atoms with E-state index in [1.165, 1.54) is 12.1 Å². The molecule has 2 heterocycles. The van der Waals surface area contributed by atoms with Crippen LogP contribution in [-0.4, -0.2) is 46.9 Å². The molecular weight excluding hydrogens is 337 g/mol. The van der Waals surface area contributed by atoms with Gasteiger partial charge in [-0.1, -0.05) is 12.1 Å². The summed E-state index contributed by atoms with van der Waals surface area (Å²) < 4.78 is 20.0. The Morgan fingerprint density at radius 3 is 2.81 bits per heavy atom. The Kier molecular flexibility index (Phi) is 5.97. The average molecular weight is 361 g/mol. The number of hydrogen-bond acceptors (Lipinski definition) is 5. The highest BCUT2D eigenvalue weighted by Gasteiger charge is 2.33. The first kappa shape index (κ1) is 18.5. The number of rotatable bonds is 7. The number of benzene rings is 1. The average Bonchev–Trinajstić information content (AvgIpc) is 3.28. The normalized spacial score (nSPS) is 19.7. The lowest BCUT2D eigenvalue weighted by Crippen LogP contribution is -2.46. The van der Waals surface area contributed by atoms with Crippen molar-refractivity contribution >= 4 is 5.91 Å². The van der Waals surface area contributed by atoms with Gasteiger partial charge in [-0.2, -0.15) is 5.10 Å². The van der Waals surface area contributed by atoms with Crippen LogP contribution in [0.3, 0.4) is 0 Å². The third-order valence-electron chi connectivity index (χ3n) is 4.48. The first-order valence-corrected chi connectivity index (χ1v) is 8.58. The fourth-order valence-electron chi connectivity index (χ4n) is 3.09. The minimum atomic E-state index is -0.349. The van der Waals surface area contributed by atoms with E-state index in [2.05, 4.69) is 16.0 Å². The van der Waals surface area contributed by atoms with Gasteiger partial charge in [0, 0.05) is 45.0 Å². The second-order valence-corrected chi connectivity index (χ2v) is 6.46. The predicted molar refractivity (Wildman–Crippen MR) is 94.3 cm³/mol. The van der Waals surface area contributed by atoms with E-state index in [1.54, 1.807) is 35.0 Å². The lowest BCUT2D eigenvalue weighted by atomic mass is 10.0. The molecule has 1 fully saturated rings. The molecule has 1 aliphatic rings. The van der Waals surface area contributed by atoms with E-state index in [0.29, 0.717) is 26.1 Å². The maximum absolute atomic E-state index is 13.1. The smallest absolute Gasteiger partial charge is 0.241 e. The second-order valence-electron chi connectivity index (χ2n) is 6.46. The molecule has 8 heteroatoms. The summed E-state index contributed by atoms with van der Waals surface area (Å²) in [5, 5.41) is 4.15. The van der Waals surface area contributed by atoms with Crippen LogP contribution in [0, 0.1) is 5.82 Å². The zero-order valence-electron chi connectivity index (χ0n) is 15.0. The molecule has 2 N–H and O–H groups in total. The van der Waals surface area contributed by atoms with Crippen molar-refractivity contribution in [2.45, 2.75) is 25.0 Å². The first-order valence-electron chi connectivity index (χ1n) is 8.58. The fraction of sp³-hybridized carbons (Fsp3) is 0.444. The molecule has 140 valence electrons. The maximum atomic E-state index is 13.1. The summed E-state index contributed by atoms with van der Waals surface area (Å²) in [6.45, 7) is 1.45. The van der Waals surface area contributed by atoms with E-state index in [4.69, 9.17) is 4.74 Å². The topological polar surface area (TPSA) is 71.4 Å². The van der Waals surface area contributed by atoms with Crippen LogP contribution in [0.2, 0.25) is 0 Å². The minimum absolute atomic E-state index is 0.00279. The van der Waals surface area contributed by atoms with Gasteiger partial charge in [-0.25, -0.2) is 15.2 Å². The van der Waals surface area contributed by atoms with Gasteiger partial charge in [0.25, 0.3) is 0 Å². The van der Waals surface area contributed by atoms with E-state index in [-0.39, 0.29) is 23.8 Å². The number of nitrogens with zero attached hydrogens (tertiary/aromatic N) is 3. The molecule has 1 amide bonds. The SMILES string of the molecule is COCCN(Cc1cnn(C)c1)C(=O)C1CC(c2ccc(F)cc2)NN1. The number of hydrazine groups is 1. The standard InChI is InChI=1S/C18H24FN5O2/c1-23-11-13(10-20-23)12-24(7-8-26-2)18(25)17-9-16(21-22-17)14-3-5-15(19)6-4-14/h3-6,10-11,16-17,21-22H,7-9,12H2,1-2H3. The molecule has 0 spiro atoms. The Bertz CT molecular complexity index is 733. The predicted octanol–water partition coefficient (Wildman–Crippen LogP) is 1.14. The number of aryl methyl sites for hydroxylation is 1. The Balaban J connectivity index is 1.65. The van der Waals surface area contributed by atoms with Crippen LogP contribution >= 0.6 is 0 Å². The zero-order valence-corrected chi connectivity index (χ0v) is 15.0. The van der Waals surface area contributed by atoms with E-state index in [1.807, 2.05) is 13.2 Å². The van der Waals surface area contributed by atoms with Gasteiger partial charge in [-0.15, -0.1) is 0 Å². The van der Waals surface area contributed by atoms with E-state index in [9.17, 15) is 9.18 Å². The van der Waals surface area contributed by atoms with Crippen molar-refractivity contribution < 1.29 is 13.9 Å². The van der Waals surface area contributed by atoms with Gasteiger partial charge in [0.1, 0.15) is 11.9 Å². The number of methoxy groups -OCH3 is 1. The van der Waals surface area contributed by atoms with Crippen LogP contribution in [0.4, 0.5) is 4.39 Å². The lowest BCUT2D eigenvalue weighted by molar-refractivity contribution is -0.134. The number of nitrogens with one attached hydrogen (secondary N) is 2. The van der Waals surface area contributed by atoms with Crippen molar-refractivity contribution in [1.82, 2.24) is 25.5 Å². The van der Waals surface area contributed by atoms with Crippen molar-refractivity contribution in [2.75, 3.05) is 20.3 Å². The molecule has 0 aliphatic carbocycles. The van der Waals surface area contributed by atoms with Gasteiger partial charge in [0.2, 0.25) is 5.91 Å². The monoisotopic (exact) mass is 361 g/mol. The summed E-state index contributed by atoms with van der Waals surface area (Å²) >= 11 is 0. The molecule has 2 aromatic rings. The highest BCUT2D eigenvalue weighted by molar-refractivity contribution is 5.82. The van der Waals surface area contributed by atoms with Crippen LogP contribution in [0.1, 0.15) is 23.6 Å². The molecule has 2 atom stereocenters. The molecule has 7 nitrogen and oxygen atoms in total. The second kappa shape index (κ2) is 8.39. The number of ether oxygens (including phenoxy) is 1. The Morgan fingerprint density at radius 2 is 2.15 bits per heavy atom. The molecule has 1 aromatic carbocycles. The quantitative estimate of drug-likeness (QED) is 0.774. The first-order chi connectivity index (χ1) is 12.6. The van der Waals surface area contributed by atoms with Crippen LogP contribution in [0.25, 0.3) is 0 Å². The van der Waals surface area contributed by atoms with Gasteiger partial charge in [0.05, 0.1) is 12.8 Å². The third-order valence-corrected chi connectivity index (χ3v) is 4.48. The highest BCUT2D eigenvalue weighted by atomic mass is 19.1. The number of carbonyl (C=O) groups is 1. The number of aromatic nitrogens is 2. The van der Waals surface area contributed by atoms with Gasteiger partial charge in [-0.3, -0.25) is 9.48 Å². The number of halogens is 1. The summed E-state index contributed by atoms with van der Waals surface area (Å²) in [6, 6.07) is 5.95. The van der Waals surface area contributed by atoms with Crippen LogP contribution < -0.4 is 10.9 Å². The Morgan fingerprint density at radius 1 is 1.38 bits per heavy atom. The van der Waals surface area contributed by atoms with E-state index >= 15 is 0 Å².